The van der Waals surface area contributed by atoms with Gasteiger partial charge in [-0.05, 0) is 0 Å². The van der Waals surface area contributed by atoms with Crippen molar-refractivity contribution < 1.29 is 4.79 Å². The molecule has 2 heterocycles. The van der Waals surface area contributed by atoms with Crippen molar-refractivity contribution in [2.24, 2.45) is 0 Å². The normalized spacial score (nSPS) is 9.93. The molecule has 2 aromatic rings. The van der Waals surface area contributed by atoms with Gasteiger partial charge in [-0.2, -0.15) is 0 Å². The van der Waals surface area contributed by atoms with Gasteiger partial charge in [0.2, 0.25) is 0 Å². The lowest BCUT2D eigenvalue weighted by molar-refractivity contribution is 0.112. The lowest BCUT2D eigenvalue weighted by Gasteiger charge is -2.02. The summed E-state index contributed by atoms with van der Waals surface area (Å²) in [5, 5.41) is 0.112. The van der Waals surface area contributed by atoms with Crippen LogP contribution in [0.5, 0.6) is 0 Å². The van der Waals surface area contributed by atoms with Crippen molar-refractivity contribution in [3.63, 3.8) is 0 Å². The first-order valence-corrected chi connectivity index (χ1v) is 4.43. The van der Waals surface area contributed by atoms with Crippen molar-refractivity contribution >= 4 is 17.9 Å². The van der Waals surface area contributed by atoms with E-state index >= 15 is 0 Å². The fourth-order valence-electron chi connectivity index (χ4n) is 1.10. The molecule has 0 amide bonds. The third kappa shape index (κ3) is 1.82. The van der Waals surface area contributed by atoms with Crippen LogP contribution in [0.2, 0.25) is 5.15 Å². The Kier molecular flexibility index (Phi) is 2.64. The summed E-state index contributed by atoms with van der Waals surface area (Å²) in [4.78, 5) is 26.4. The molecule has 0 atom stereocenters. The number of halogens is 1. The van der Waals surface area contributed by atoms with Gasteiger partial charge in [0.15, 0.2) is 6.29 Å². The Hall–Kier alpha value is -1.88. The second-order valence-corrected chi connectivity index (χ2v) is 2.99. The summed E-state index contributed by atoms with van der Waals surface area (Å²) in [7, 11) is 0. The third-order valence-electron chi connectivity index (χ3n) is 1.76. The predicted molar refractivity (Wildman–Crippen MR) is 53.5 cm³/mol. The van der Waals surface area contributed by atoms with Crippen LogP contribution in [0.15, 0.2) is 24.9 Å². The Balaban J connectivity index is 2.63. The minimum absolute atomic E-state index is 0.112. The van der Waals surface area contributed by atoms with Crippen molar-refractivity contribution in [1.82, 2.24) is 19.9 Å². The van der Waals surface area contributed by atoms with Crippen LogP contribution < -0.4 is 0 Å². The first-order chi connectivity index (χ1) is 7.33. The van der Waals surface area contributed by atoms with Crippen molar-refractivity contribution in [2.45, 2.75) is 0 Å². The van der Waals surface area contributed by atoms with E-state index in [9.17, 15) is 4.79 Å². The van der Waals surface area contributed by atoms with Gasteiger partial charge in [-0.1, -0.05) is 11.6 Å². The highest BCUT2D eigenvalue weighted by Gasteiger charge is 2.11. The minimum atomic E-state index is 0.112. The number of hydrogen-bond acceptors (Lipinski definition) is 5. The van der Waals surface area contributed by atoms with Gasteiger partial charge in [-0.15, -0.1) is 0 Å². The molecule has 0 aliphatic carbocycles. The Morgan fingerprint density at radius 2 is 2.07 bits per heavy atom. The summed E-state index contributed by atoms with van der Waals surface area (Å²) in [6, 6.07) is 0. The number of hydrogen-bond donors (Lipinski definition) is 0. The molecule has 0 aromatic carbocycles. The maximum atomic E-state index is 10.8. The standard InChI is InChI=1S/C9H5ClN4O/c10-9-6(4-15)8(13-5-14-9)7-3-11-1-2-12-7/h1-5H. The molecule has 0 unspecified atom stereocenters. The van der Waals surface area contributed by atoms with Gasteiger partial charge >= 0.3 is 0 Å². The van der Waals surface area contributed by atoms with E-state index in [-0.39, 0.29) is 10.7 Å². The molecule has 0 saturated carbocycles. The second kappa shape index (κ2) is 4.10. The quantitative estimate of drug-likeness (QED) is 0.565. The summed E-state index contributed by atoms with van der Waals surface area (Å²) in [6.45, 7) is 0. The van der Waals surface area contributed by atoms with E-state index in [1.54, 1.807) is 0 Å². The molecule has 0 saturated heterocycles. The maximum Gasteiger partial charge on any atom is 0.155 e. The lowest BCUT2D eigenvalue weighted by atomic mass is 10.2. The first-order valence-electron chi connectivity index (χ1n) is 4.05. The fourth-order valence-corrected chi connectivity index (χ4v) is 1.28. The first kappa shape index (κ1) is 9.67. The molecule has 0 spiro atoms. The summed E-state index contributed by atoms with van der Waals surface area (Å²) in [5.74, 6) is 0. The van der Waals surface area contributed by atoms with E-state index in [4.69, 9.17) is 11.6 Å². The number of aldehydes is 1. The monoisotopic (exact) mass is 220 g/mol. The summed E-state index contributed by atoms with van der Waals surface area (Å²) < 4.78 is 0. The molecule has 74 valence electrons. The smallest absolute Gasteiger partial charge is 0.155 e. The molecule has 0 radical (unpaired) electrons. The molecule has 6 heteroatoms. The topological polar surface area (TPSA) is 68.6 Å². The van der Waals surface area contributed by atoms with Crippen LogP contribution in [0.25, 0.3) is 11.4 Å². The SMILES string of the molecule is O=Cc1c(Cl)ncnc1-c1cnccn1. The fraction of sp³-hybridized carbons (Fsp3) is 0. The largest absolute Gasteiger partial charge is 0.298 e. The zero-order chi connectivity index (χ0) is 10.7. The number of rotatable bonds is 2. The van der Waals surface area contributed by atoms with Crippen molar-refractivity contribution in [1.29, 1.82) is 0 Å². The molecule has 0 aliphatic rings. The van der Waals surface area contributed by atoms with Crippen LogP contribution in [-0.2, 0) is 0 Å². The number of nitrogens with zero attached hydrogens (tertiary/aromatic N) is 4. The Morgan fingerprint density at radius 3 is 2.73 bits per heavy atom. The van der Waals surface area contributed by atoms with E-state index < -0.39 is 0 Å². The molecule has 2 aromatic heterocycles. The van der Waals surface area contributed by atoms with Gasteiger partial charge in [-0.25, -0.2) is 9.97 Å². The van der Waals surface area contributed by atoms with Crippen molar-refractivity contribution in [3.05, 3.63) is 35.6 Å². The maximum absolute atomic E-state index is 10.8. The molecule has 0 aliphatic heterocycles. The van der Waals surface area contributed by atoms with Gasteiger partial charge in [-0.3, -0.25) is 14.8 Å². The van der Waals surface area contributed by atoms with Crippen LogP contribution in [-0.4, -0.2) is 26.2 Å². The van der Waals surface area contributed by atoms with E-state index in [1.165, 1.54) is 24.9 Å². The zero-order valence-electron chi connectivity index (χ0n) is 7.46. The molecular formula is C9H5ClN4O. The number of aromatic nitrogens is 4. The van der Waals surface area contributed by atoms with Gasteiger partial charge in [0.1, 0.15) is 22.9 Å². The van der Waals surface area contributed by atoms with E-state index in [0.29, 0.717) is 17.7 Å². The lowest BCUT2D eigenvalue weighted by Crippen LogP contribution is -1.97. The van der Waals surface area contributed by atoms with Crippen LogP contribution in [0.3, 0.4) is 0 Å². The summed E-state index contributed by atoms with van der Waals surface area (Å²) >= 11 is 5.75. The van der Waals surface area contributed by atoms with Crippen LogP contribution in [0.1, 0.15) is 10.4 Å². The molecule has 0 bridgehead atoms. The van der Waals surface area contributed by atoms with Crippen LogP contribution >= 0.6 is 11.6 Å². The van der Waals surface area contributed by atoms with Gasteiger partial charge in [0, 0.05) is 12.4 Å². The van der Waals surface area contributed by atoms with Gasteiger partial charge < -0.3 is 0 Å². The molecule has 5 nitrogen and oxygen atoms in total. The zero-order valence-corrected chi connectivity index (χ0v) is 8.22. The highest BCUT2D eigenvalue weighted by Crippen LogP contribution is 2.21. The number of carbonyl (C=O) groups is 1. The highest BCUT2D eigenvalue weighted by molar-refractivity contribution is 6.32. The average Bonchev–Trinajstić information content (AvgIpc) is 2.30. The summed E-state index contributed by atoms with van der Waals surface area (Å²) in [5.41, 5.74) is 1.10. The Bertz CT molecular complexity index is 489. The van der Waals surface area contributed by atoms with Crippen LogP contribution in [0.4, 0.5) is 0 Å². The Morgan fingerprint density at radius 1 is 1.20 bits per heavy atom. The summed E-state index contributed by atoms with van der Waals surface area (Å²) in [6.07, 6.45) is 6.43. The van der Waals surface area contributed by atoms with Gasteiger partial charge in [0.25, 0.3) is 0 Å². The van der Waals surface area contributed by atoms with Crippen molar-refractivity contribution in [3.8, 4) is 11.4 Å². The van der Waals surface area contributed by atoms with E-state index in [0.717, 1.165) is 0 Å². The molecule has 0 fully saturated rings. The third-order valence-corrected chi connectivity index (χ3v) is 2.06. The van der Waals surface area contributed by atoms with Gasteiger partial charge in [0.05, 0.1) is 11.8 Å². The molecule has 15 heavy (non-hydrogen) atoms. The highest BCUT2D eigenvalue weighted by atomic mass is 35.5. The minimum Gasteiger partial charge on any atom is -0.298 e. The van der Waals surface area contributed by atoms with E-state index in [1.807, 2.05) is 0 Å². The molecular weight excluding hydrogens is 216 g/mol. The number of carbonyl (C=O) groups excluding carboxylic acids is 1. The van der Waals surface area contributed by atoms with E-state index in [2.05, 4.69) is 19.9 Å². The molecule has 2 rings (SSSR count). The Labute approximate surface area is 90.2 Å². The predicted octanol–water partition coefficient (Wildman–Crippen LogP) is 1.40. The second-order valence-electron chi connectivity index (χ2n) is 2.64. The van der Waals surface area contributed by atoms with Crippen molar-refractivity contribution in [2.75, 3.05) is 0 Å². The molecule has 0 N–H and O–H groups in total. The van der Waals surface area contributed by atoms with Crippen LogP contribution in [0, 0.1) is 0 Å². The average molecular weight is 221 g/mol.